The van der Waals surface area contributed by atoms with Crippen LogP contribution in [0.3, 0.4) is 0 Å². The topological polar surface area (TPSA) is 66.6 Å². The number of benzene rings is 3. The summed E-state index contributed by atoms with van der Waals surface area (Å²) in [7, 11) is 1.69. The number of aryl methyl sites for hydroxylation is 2. The van der Waals surface area contributed by atoms with Crippen LogP contribution in [-0.4, -0.2) is 27.0 Å². The molecule has 2 N–H and O–H groups in total. The van der Waals surface area contributed by atoms with Crippen LogP contribution in [0.2, 0.25) is 0 Å². The molecule has 3 aromatic carbocycles. The molecule has 6 aromatic rings. The Morgan fingerprint density at radius 1 is 0.468 bits per heavy atom. The minimum absolute atomic E-state index is 0.805. The van der Waals surface area contributed by atoms with Gasteiger partial charge in [0, 0.05) is 33.2 Å². The minimum Gasteiger partial charge on any atom is -0.497 e. The van der Waals surface area contributed by atoms with Crippen molar-refractivity contribution in [3.05, 3.63) is 135 Å². The maximum absolute atomic E-state index is 5.50. The van der Waals surface area contributed by atoms with Crippen LogP contribution >= 0.6 is 15.9 Å². The van der Waals surface area contributed by atoms with Gasteiger partial charge in [0.1, 0.15) is 5.75 Å². The van der Waals surface area contributed by atoms with Gasteiger partial charge in [0.05, 0.1) is 39.9 Å². The number of fused-ring (bicyclic) bond motifs is 8. The first-order chi connectivity index (χ1) is 22.9. The molecule has 2 aliphatic rings. The van der Waals surface area contributed by atoms with E-state index in [-0.39, 0.29) is 0 Å². The fourth-order valence-electron chi connectivity index (χ4n) is 6.28. The number of rotatable bonds is 4. The summed E-state index contributed by atoms with van der Waals surface area (Å²) in [4.78, 5) is 17.9. The molecule has 0 atom stereocenters. The van der Waals surface area contributed by atoms with Crippen molar-refractivity contribution in [1.29, 1.82) is 0 Å². The molecule has 8 rings (SSSR count). The highest BCUT2D eigenvalue weighted by molar-refractivity contribution is 9.10. The molecule has 0 aliphatic carbocycles. The molecule has 8 bridgehead atoms. The monoisotopic (exact) mass is 674 g/mol. The number of hydrogen-bond donors (Lipinski definition) is 2. The average molecular weight is 676 g/mol. The highest BCUT2D eigenvalue weighted by atomic mass is 79.9. The molecule has 2 aliphatic heterocycles. The summed E-state index contributed by atoms with van der Waals surface area (Å²) in [6.07, 6.45) is 8.39. The van der Waals surface area contributed by atoms with Gasteiger partial charge in [-0.2, -0.15) is 0 Å². The maximum Gasteiger partial charge on any atom is 0.118 e. The number of methoxy groups -OCH3 is 1. The van der Waals surface area contributed by atoms with Crippen LogP contribution in [0.15, 0.2) is 102 Å². The summed E-state index contributed by atoms with van der Waals surface area (Å²) in [5.41, 5.74) is 16.1. The lowest BCUT2D eigenvalue weighted by Gasteiger charge is -2.07. The van der Waals surface area contributed by atoms with Crippen LogP contribution in [-0.2, 0) is 0 Å². The van der Waals surface area contributed by atoms with Gasteiger partial charge < -0.3 is 14.7 Å². The Kier molecular flexibility index (Phi) is 7.23. The van der Waals surface area contributed by atoms with E-state index in [4.69, 9.17) is 14.7 Å². The van der Waals surface area contributed by atoms with Crippen LogP contribution in [0.4, 0.5) is 0 Å². The zero-order valence-electron chi connectivity index (χ0n) is 26.2. The second-order valence-corrected chi connectivity index (χ2v) is 12.7. The quantitative estimate of drug-likeness (QED) is 0.195. The molecule has 5 nitrogen and oxygen atoms in total. The molecule has 0 saturated carbocycles. The Hall–Kier alpha value is -5.46. The van der Waals surface area contributed by atoms with Crippen LogP contribution in [0.1, 0.15) is 33.9 Å². The molecule has 0 unspecified atom stereocenters. The summed E-state index contributed by atoms with van der Waals surface area (Å²) < 4.78 is 6.39. The van der Waals surface area contributed by atoms with E-state index in [1.165, 1.54) is 11.1 Å². The average Bonchev–Trinajstić information content (AvgIpc) is 3.92. The highest BCUT2D eigenvalue weighted by Gasteiger charge is 2.18. The Bertz CT molecular complexity index is 2350. The SMILES string of the molecule is COc1ccc(-c2c3nc(c(-c4ccc(C)cc4)c4ccc([nH]4)c(Br)c4nc(c(-c5ccc(C)cc5)c5ccc2[nH]5)C=C4)C=C3)cc1. The third-order valence-electron chi connectivity index (χ3n) is 8.75. The molecule has 6 heteroatoms. The molecule has 0 spiro atoms. The standard InChI is InChI=1S/C41H31BrN4O/c1-24-4-8-26(9-5-24)38-30-16-18-32(43-30)40(28-12-14-29(47-3)15-13-28)33-19-17-31(44-33)39(27-10-6-25(2)7-11-27)35-21-23-37(46-35)41(42)36-22-20-34(38)45-36/h4-23,43,46H,1-3H3. The number of aromatic amines is 2. The Balaban J connectivity index is 1.53. The number of hydrogen-bond acceptors (Lipinski definition) is 3. The van der Waals surface area contributed by atoms with E-state index in [0.29, 0.717) is 0 Å². The van der Waals surface area contributed by atoms with E-state index in [1.54, 1.807) is 7.11 Å². The Labute approximate surface area is 281 Å². The molecule has 3 aromatic heterocycles. The summed E-state index contributed by atoms with van der Waals surface area (Å²) >= 11 is 3.88. The molecule has 5 heterocycles. The first-order valence-corrected chi connectivity index (χ1v) is 16.3. The lowest BCUT2D eigenvalue weighted by Crippen LogP contribution is -1.89. The first-order valence-electron chi connectivity index (χ1n) is 15.6. The van der Waals surface area contributed by atoms with Crippen molar-refractivity contribution >= 4 is 62.3 Å². The molecule has 0 radical (unpaired) electrons. The summed E-state index contributed by atoms with van der Waals surface area (Å²) in [6, 6.07) is 33.9. The Morgan fingerprint density at radius 3 is 1.28 bits per heavy atom. The first kappa shape index (κ1) is 29.0. The maximum atomic E-state index is 5.50. The van der Waals surface area contributed by atoms with Gasteiger partial charge in [0.25, 0.3) is 0 Å². The van der Waals surface area contributed by atoms with Crippen molar-refractivity contribution in [2.45, 2.75) is 13.8 Å². The van der Waals surface area contributed by atoms with E-state index in [1.807, 2.05) is 12.1 Å². The molecule has 0 saturated heterocycles. The van der Waals surface area contributed by atoms with Crippen molar-refractivity contribution < 1.29 is 4.74 Å². The van der Waals surface area contributed by atoms with Crippen LogP contribution in [0.25, 0.3) is 79.8 Å². The molecular formula is C41H31BrN4O. The zero-order chi connectivity index (χ0) is 32.1. The van der Waals surface area contributed by atoms with Crippen LogP contribution in [0, 0.1) is 13.8 Å². The lowest BCUT2D eigenvalue weighted by molar-refractivity contribution is 0.415. The molecule has 0 fully saturated rings. The number of ether oxygens (including phenoxy) is 1. The summed E-state index contributed by atoms with van der Waals surface area (Å²) in [5, 5.41) is 0. The van der Waals surface area contributed by atoms with Gasteiger partial charge in [-0.3, -0.25) is 0 Å². The molecule has 47 heavy (non-hydrogen) atoms. The summed E-state index contributed by atoms with van der Waals surface area (Å²) in [5.74, 6) is 0.805. The highest BCUT2D eigenvalue weighted by Crippen LogP contribution is 2.37. The Morgan fingerprint density at radius 2 is 0.830 bits per heavy atom. The van der Waals surface area contributed by atoms with E-state index in [0.717, 1.165) is 88.4 Å². The number of nitrogens with one attached hydrogen (secondary N) is 2. The summed E-state index contributed by atoms with van der Waals surface area (Å²) in [6.45, 7) is 4.21. The van der Waals surface area contributed by atoms with E-state index in [2.05, 4.69) is 149 Å². The predicted octanol–water partition coefficient (Wildman–Crippen LogP) is 11.0. The molecular weight excluding hydrogens is 644 g/mol. The second-order valence-electron chi connectivity index (χ2n) is 11.9. The van der Waals surface area contributed by atoms with E-state index >= 15 is 0 Å². The van der Waals surface area contributed by atoms with Crippen molar-refractivity contribution in [2.24, 2.45) is 0 Å². The largest absolute Gasteiger partial charge is 0.497 e. The van der Waals surface area contributed by atoms with Crippen LogP contribution < -0.4 is 4.74 Å². The van der Waals surface area contributed by atoms with Crippen molar-refractivity contribution in [3.8, 4) is 39.1 Å². The van der Waals surface area contributed by atoms with Gasteiger partial charge in [-0.1, -0.05) is 71.8 Å². The molecule has 228 valence electrons. The van der Waals surface area contributed by atoms with E-state index in [9.17, 15) is 0 Å². The predicted molar refractivity (Wildman–Crippen MR) is 199 cm³/mol. The van der Waals surface area contributed by atoms with E-state index < -0.39 is 0 Å². The van der Waals surface area contributed by atoms with Gasteiger partial charge in [-0.25, -0.2) is 9.97 Å². The van der Waals surface area contributed by atoms with Crippen molar-refractivity contribution in [3.63, 3.8) is 0 Å². The minimum atomic E-state index is 0.805. The third kappa shape index (κ3) is 5.30. The second kappa shape index (κ2) is 11.7. The van der Waals surface area contributed by atoms with Gasteiger partial charge in [0.15, 0.2) is 0 Å². The zero-order valence-corrected chi connectivity index (χ0v) is 27.8. The molecule has 0 amide bonds. The van der Waals surface area contributed by atoms with Gasteiger partial charge >= 0.3 is 0 Å². The fraction of sp³-hybridized carbons (Fsp3) is 0.0732. The van der Waals surface area contributed by atoms with Gasteiger partial charge in [0.2, 0.25) is 0 Å². The van der Waals surface area contributed by atoms with Gasteiger partial charge in [-0.05, 0) is 107 Å². The van der Waals surface area contributed by atoms with Crippen LogP contribution in [0.5, 0.6) is 5.75 Å². The third-order valence-corrected chi connectivity index (χ3v) is 9.58. The number of nitrogens with zero attached hydrogens (tertiary/aromatic N) is 2. The van der Waals surface area contributed by atoms with Gasteiger partial charge in [-0.15, -0.1) is 0 Å². The number of H-pyrrole nitrogens is 2. The lowest BCUT2D eigenvalue weighted by atomic mass is 10.0. The smallest absolute Gasteiger partial charge is 0.118 e. The van der Waals surface area contributed by atoms with Crippen molar-refractivity contribution in [1.82, 2.24) is 19.9 Å². The fourth-order valence-corrected chi connectivity index (χ4v) is 6.73. The number of halogens is 1. The normalized spacial score (nSPS) is 12.1. The van der Waals surface area contributed by atoms with Crippen molar-refractivity contribution in [2.75, 3.05) is 7.11 Å². The number of aromatic nitrogens is 4.